The van der Waals surface area contributed by atoms with Gasteiger partial charge in [-0.15, -0.1) is 0 Å². The monoisotopic (exact) mass is 233 g/mol. The Bertz CT molecular complexity index is 403. The first-order chi connectivity index (χ1) is 8.22. The molecule has 0 spiro atoms. The summed E-state index contributed by atoms with van der Waals surface area (Å²) in [5.41, 5.74) is 0.670. The zero-order chi connectivity index (χ0) is 12.3. The van der Waals surface area contributed by atoms with E-state index in [2.05, 4.69) is 6.92 Å². The summed E-state index contributed by atoms with van der Waals surface area (Å²) in [6.45, 7) is 3.92. The quantitative estimate of drug-likeness (QED) is 0.785. The maximum Gasteiger partial charge on any atom is 0.257 e. The lowest BCUT2D eigenvalue weighted by atomic mass is 9.99. The van der Waals surface area contributed by atoms with Gasteiger partial charge in [-0.2, -0.15) is 0 Å². The van der Waals surface area contributed by atoms with E-state index >= 15 is 0 Å². The third-order valence-corrected chi connectivity index (χ3v) is 3.28. The van der Waals surface area contributed by atoms with Crippen LogP contribution in [-0.2, 0) is 0 Å². The van der Waals surface area contributed by atoms with Gasteiger partial charge in [-0.1, -0.05) is 19.1 Å². The van der Waals surface area contributed by atoms with Crippen molar-refractivity contribution in [3.8, 4) is 5.75 Å². The number of carbonyl (C=O) groups excluding carboxylic acids is 1. The summed E-state index contributed by atoms with van der Waals surface area (Å²) >= 11 is 0. The Morgan fingerprint density at radius 3 is 2.88 bits per heavy atom. The van der Waals surface area contributed by atoms with Gasteiger partial charge in [0, 0.05) is 13.1 Å². The topological polar surface area (TPSA) is 29.5 Å². The van der Waals surface area contributed by atoms with Crippen LogP contribution in [0.3, 0.4) is 0 Å². The summed E-state index contributed by atoms with van der Waals surface area (Å²) in [4.78, 5) is 14.3. The van der Waals surface area contributed by atoms with Crippen LogP contribution in [0.25, 0.3) is 0 Å². The molecule has 0 unspecified atom stereocenters. The van der Waals surface area contributed by atoms with Gasteiger partial charge >= 0.3 is 0 Å². The van der Waals surface area contributed by atoms with Gasteiger partial charge in [-0.25, -0.2) is 0 Å². The van der Waals surface area contributed by atoms with Crippen molar-refractivity contribution in [2.75, 3.05) is 20.2 Å². The third kappa shape index (κ3) is 2.60. The molecule has 0 saturated carbocycles. The third-order valence-electron chi connectivity index (χ3n) is 3.28. The van der Waals surface area contributed by atoms with Crippen LogP contribution < -0.4 is 4.74 Å². The number of hydrogen-bond acceptors (Lipinski definition) is 2. The predicted molar refractivity (Wildman–Crippen MR) is 67.3 cm³/mol. The van der Waals surface area contributed by atoms with E-state index in [0.29, 0.717) is 17.2 Å². The maximum atomic E-state index is 12.4. The average Bonchev–Trinajstić information content (AvgIpc) is 2.38. The van der Waals surface area contributed by atoms with Crippen molar-refractivity contribution < 1.29 is 9.53 Å². The molecule has 1 heterocycles. The van der Waals surface area contributed by atoms with E-state index in [9.17, 15) is 4.79 Å². The van der Waals surface area contributed by atoms with Crippen molar-refractivity contribution in [3.63, 3.8) is 0 Å². The van der Waals surface area contributed by atoms with E-state index in [0.717, 1.165) is 19.5 Å². The Morgan fingerprint density at radius 1 is 1.41 bits per heavy atom. The zero-order valence-electron chi connectivity index (χ0n) is 10.5. The molecule has 0 radical (unpaired) electrons. The molecule has 92 valence electrons. The molecule has 17 heavy (non-hydrogen) atoms. The molecule has 1 aromatic carbocycles. The lowest BCUT2D eigenvalue weighted by molar-refractivity contribution is 0.0679. The molecule has 1 saturated heterocycles. The number of nitrogens with zero attached hydrogens (tertiary/aromatic N) is 1. The highest BCUT2D eigenvalue weighted by molar-refractivity contribution is 5.97. The minimum atomic E-state index is 0.0917. The minimum absolute atomic E-state index is 0.0917. The summed E-state index contributed by atoms with van der Waals surface area (Å²) in [6.07, 6.45) is 2.32. The molecule has 0 aromatic heterocycles. The van der Waals surface area contributed by atoms with Crippen LogP contribution in [0.4, 0.5) is 0 Å². The van der Waals surface area contributed by atoms with Gasteiger partial charge in [0.1, 0.15) is 5.75 Å². The van der Waals surface area contributed by atoms with Gasteiger partial charge in [0.25, 0.3) is 5.91 Å². The zero-order valence-corrected chi connectivity index (χ0v) is 10.5. The average molecular weight is 233 g/mol. The highest BCUT2D eigenvalue weighted by Gasteiger charge is 2.23. The van der Waals surface area contributed by atoms with Crippen LogP contribution in [0.15, 0.2) is 24.3 Å². The number of carbonyl (C=O) groups is 1. The Morgan fingerprint density at radius 2 is 2.18 bits per heavy atom. The fourth-order valence-electron chi connectivity index (χ4n) is 2.37. The lowest BCUT2D eigenvalue weighted by Gasteiger charge is -2.31. The number of piperidine rings is 1. The molecule has 3 heteroatoms. The van der Waals surface area contributed by atoms with Gasteiger partial charge in [0.2, 0.25) is 0 Å². The number of hydrogen-bond donors (Lipinski definition) is 0. The van der Waals surface area contributed by atoms with E-state index in [1.54, 1.807) is 7.11 Å². The largest absolute Gasteiger partial charge is 0.496 e. The van der Waals surface area contributed by atoms with Crippen LogP contribution in [0.5, 0.6) is 5.75 Å². The van der Waals surface area contributed by atoms with Crippen LogP contribution >= 0.6 is 0 Å². The molecule has 1 atom stereocenters. The summed E-state index contributed by atoms with van der Waals surface area (Å²) in [6, 6.07) is 7.43. The first-order valence-corrected chi connectivity index (χ1v) is 6.14. The first kappa shape index (κ1) is 12.0. The van der Waals surface area contributed by atoms with Crippen LogP contribution in [0, 0.1) is 5.92 Å². The number of benzene rings is 1. The van der Waals surface area contributed by atoms with Crippen molar-refractivity contribution >= 4 is 5.91 Å². The fourth-order valence-corrected chi connectivity index (χ4v) is 2.37. The van der Waals surface area contributed by atoms with Gasteiger partial charge in [0.05, 0.1) is 12.7 Å². The smallest absolute Gasteiger partial charge is 0.257 e. The van der Waals surface area contributed by atoms with Crippen molar-refractivity contribution in [1.29, 1.82) is 0 Å². The molecule has 1 fully saturated rings. The minimum Gasteiger partial charge on any atom is -0.496 e. The summed E-state index contributed by atoms with van der Waals surface area (Å²) in [5, 5.41) is 0. The summed E-state index contributed by atoms with van der Waals surface area (Å²) in [5.74, 6) is 1.35. The van der Waals surface area contributed by atoms with Crippen molar-refractivity contribution in [3.05, 3.63) is 29.8 Å². The molecule has 1 aromatic rings. The number of methoxy groups -OCH3 is 1. The SMILES string of the molecule is COc1ccccc1C(=O)N1CCC[C@H](C)C1. The Kier molecular flexibility index (Phi) is 3.67. The number of rotatable bonds is 2. The van der Waals surface area contributed by atoms with E-state index in [4.69, 9.17) is 4.74 Å². The number of amides is 1. The molecule has 2 rings (SSSR count). The second kappa shape index (κ2) is 5.21. The summed E-state index contributed by atoms with van der Waals surface area (Å²) < 4.78 is 5.24. The number of ether oxygens (including phenoxy) is 1. The van der Waals surface area contributed by atoms with E-state index in [1.807, 2.05) is 29.2 Å². The molecule has 0 N–H and O–H groups in total. The molecule has 0 bridgehead atoms. The van der Waals surface area contributed by atoms with Gasteiger partial charge in [-0.3, -0.25) is 4.79 Å². The van der Waals surface area contributed by atoms with Crippen molar-refractivity contribution in [2.24, 2.45) is 5.92 Å². The second-order valence-corrected chi connectivity index (χ2v) is 4.70. The Hall–Kier alpha value is -1.51. The van der Waals surface area contributed by atoms with E-state index in [-0.39, 0.29) is 5.91 Å². The van der Waals surface area contributed by atoms with E-state index < -0.39 is 0 Å². The van der Waals surface area contributed by atoms with Crippen LogP contribution in [-0.4, -0.2) is 31.0 Å². The number of likely N-dealkylation sites (tertiary alicyclic amines) is 1. The second-order valence-electron chi connectivity index (χ2n) is 4.70. The molecule has 1 aliphatic rings. The summed E-state index contributed by atoms with van der Waals surface area (Å²) in [7, 11) is 1.60. The molecule has 1 amide bonds. The number of para-hydroxylation sites is 1. The van der Waals surface area contributed by atoms with Gasteiger partial charge in [0.15, 0.2) is 0 Å². The van der Waals surface area contributed by atoms with Crippen LogP contribution in [0.1, 0.15) is 30.1 Å². The maximum absolute atomic E-state index is 12.4. The molecule has 0 aliphatic carbocycles. The Labute approximate surface area is 102 Å². The fraction of sp³-hybridized carbons (Fsp3) is 0.500. The highest BCUT2D eigenvalue weighted by Crippen LogP contribution is 2.23. The highest BCUT2D eigenvalue weighted by atomic mass is 16.5. The van der Waals surface area contributed by atoms with Crippen molar-refractivity contribution in [1.82, 2.24) is 4.90 Å². The van der Waals surface area contributed by atoms with Gasteiger partial charge in [-0.05, 0) is 30.9 Å². The van der Waals surface area contributed by atoms with Crippen LogP contribution in [0.2, 0.25) is 0 Å². The molecular weight excluding hydrogens is 214 g/mol. The van der Waals surface area contributed by atoms with Gasteiger partial charge < -0.3 is 9.64 Å². The molecule has 1 aliphatic heterocycles. The first-order valence-electron chi connectivity index (χ1n) is 6.14. The lowest BCUT2D eigenvalue weighted by Crippen LogP contribution is -2.39. The normalized spacial score (nSPS) is 20.1. The predicted octanol–water partition coefficient (Wildman–Crippen LogP) is 2.57. The standard InChI is InChI=1S/C14H19NO2/c1-11-6-5-9-15(10-11)14(16)12-7-3-4-8-13(12)17-2/h3-4,7-8,11H,5-6,9-10H2,1-2H3/t11-/m0/s1. The Balaban J connectivity index is 2.18. The molecular formula is C14H19NO2. The molecule has 3 nitrogen and oxygen atoms in total. The van der Waals surface area contributed by atoms with E-state index in [1.165, 1.54) is 6.42 Å². The van der Waals surface area contributed by atoms with Crippen molar-refractivity contribution in [2.45, 2.75) is 19.8 Å².